The van der Waals surface area contributed by atoms with Crippen LogP contribution in [0.5, 0.6) is 5.75 Å². The summed E-state index contributed by atoms with van der Waals surface area (Å²) in [6, 6.07) is 21.7. The second-order valence-electron chi connectivity index (χ2n) is 6.40. The zero-order valence-corrected chi connectivity index (χ0v) is 17.1. The molecule has 2 N–H and O–H groups in total. The molecule has 154 valence electrons. The normalized spacial score (nSPS) is 11.3. The van der Waals surface area contributed by atoms with Crippen molar-refractivity contribution in [2.45, 2.75) is 6.04 Å². The van der Waals surface area contributed by atoms with Gasteiger partial charge in [-0.15, -0.1) is 0 Å². The van der Waals surface area contributed by atoms with Crippen molar-refractivity contribution in [2.75, 3.05) is 19.0 Å². The number of carbonyl (C=O) groups excluding carboxylic acids is 2. The van der Waals surface area contributed by atoms with Crippen LogP contribution in [0.4, 0.5) is 10.5 Å². The van der Waals surface area contributed by atoms with Gasteiger partial charge in [0.2, 0.25) is 0 Å². The maximum atomic E-state index is 12.5. The van der Waals surface area contributed by atoms with Gasteiger partial charge in [0.25, 0.3) is 0 Å². The van der Waals surface area contributed by atoms with E-state index in [1.807, 2.05) is 30.3 Å². The molecule has 1 atom stereocenters. The minimum atomic E-state index is -0.527. The molecule has 0 saturated carbocycles. The Kier molecular flexibility index (Phi) is 7.29. The number of ether oxygens (including phenoxy) is 2. The zero-order valence-electron chi connectivity index (χ0n) is 16.3. The summed E-state index contributed by atoms with van der Waals surface area (Å²) in [6.07, 6.45) is 0. The molecule has 2 amide bonds. The number of hydrogen-bond donors (Lipinski definition) is 2. The number of halogens is 1. The third-order valence-corrected chi connectivity index (χ3v) is 4.57. The standard InChI is InChI=1S/C23H21ClN2O4/c1-29-20-13-7-17(8-14-20)22(27)30-15-21(16-5-3-2-4-6-16)26-23(28)25-19-11-9-18(24)10-12-19/h2-14,21H,15H2,1H3,(H2,25,26,28). The first-order valence-corrected chi connectivity index (χ1v) is 9.62. The van der Waals surface area contributed by atoms with Crippen LogP contribution in [0.1, 0.15) is 22.0 Å². The molecule has 0 aliphatic rings. The number of nitrogens with one attached hydrogen (secondary N) is 2. The number of benzene rings is 3. The van der Waals surface area contributed by atoms with E-state index in [4.69, 9.17) is 21.1 Å². The number of anilines is 1. The van der Waals surface area contributed by atoms with E-state index in [1.165, 1.54) is 0 Å². The Balaban J connectivity index is 1.65. The van der Waals surface area contributed by atoms with Crippen molar-refractivity contribution in [1.82, 2.24) is 5.32 Å². The Morgan fingerprint density at radius 2 is 1.60 bits per heavy atom. The van der Waals surface area contributed by atoms with Crippen LogP contribution in [0.2, 0.25) is 5.02 Å². The molecular weight excluding hydrogens is 404 g/mol. The van der Waals surface area contributed by atoms with Gasteiger partial charge < -0.3 is 20.1 Å². The fraction of sp³-hybridized carbons (Fsp3) is 0.130. The number of rotatable bonds is 7. The Labute approximate surface area is 179 Å². The molecule has 0 bridgehead atoms. The summed E-state index contributed by atoms with van der Waals surface area (Å²) in [6.45, 7) is -0.0249. The monoisotopic (exact) mass is 424 g/mol. The van der Waals surface area contributed by atoms with E-state index < -0.39 is 18.0 Å². The lowest BCUT2D eigenvalue weighted by molar-refractivity contribution is 0.0469. The molecule has 0 aromatic heterocycles. The van der Waals surface area contributed by atoms with Gasteiger partial charge in [0.05, 0.1) is 18.7 Å². The van der Waals surface area contributed by atoms with E-state index in [9.17, 15) is 9.59 Å². The topological polar surface area (TPSA) is 76.7 Å². The molecule has 30 heavy (non-hydrogen) atoms. The van der Waals surface area contributed by atoms with Crippen molar-refractivity contribution < 1.29 is 19.1 Å². The van der Waals surface area contributed by atoms with Crippen molar-refractivity contribution in [3.63, 3.8) is 0 Å². The summed E-state index contributed by atoms with van der Waals surface area (Å²) in [7, 11) is 1.55. The van der Waals surface area contributed by atoms with Crippen molar-refractivity contribution >= 4 is 29.3 Å². The Morgan fingerprint density at radius 3 is 2.23 bits per heavy atom. The lowest BCUT2D eigenvalue weighted by Gasteiger charge is -2.20. The minimum absolute atomic E-state index is 0.0249. The maximum Gasteiger partial charge on any atom is 0.338 e. The van der Waals surface area contributed by atoms with Crippen molar-refractivity contribution in [2.24, 2.45) is 0 Å². The first-order chi connectivity index (χ1) is 14.5. The van der Waals surface area contributed by atoms with Crippen LogP contribution in [0.3, 0.4) is 0 Å². The number of amides is 2. The maximum absolute atomic E-state index is 12.5. The molecule has 3 rings (SSSR count). The van der Waals surface area contributed by atoms with Gasteiger partial charge in [-0.05, 0) is 54.1 Å². The van der Waals surface area contributed by atoms with E-state index >= 15 is 0 Å². The SMILES string of the molecule is COc1ccc(C(=O)OCC(NC(=O)Nc2ccc(Cl)cc2)c2ccccc2)cc1. The zero-order chi connectivity index (χ0) is 21.3. The number of carbonyl (C=O) groups is 2. The summed E-state index contributed by atoms with van der Waals surface area (Å²) in [4.78, 5) is 24.8. The molecule has 0 aliphatic heterocycles. The second kappa shape index (κ2) is 10.3. The van der Waals surface area contributed by atoms with E-state index in [-0.39, 0.29) is 6.61 Å². The lowest BCUT2D eigenvalue weighted by atomic mass is 10.1. The predicted molar refractivity (Wildman–Crippen MR) is 116 cm³/mol. The molecular formula is C23H21ClN2O4. The Morgan fingerprint density at radius 1 is 0.933 bits per heavy atom. The molecule has 0 saturated heterocycles. The van der Waals surface area contributed by atoms with Crippen LogP contribution in [0.25, 0.3) is 0 Å². The molecule has 0 radical (unpaired) electrons. The second-order valence-corrected chi connectivity index (χ2v) is 6.83. The van der Waals surface area contributed by atoms with Crippen LogP contribution in [0, 0.1) is 0 Å². The van der Waals surface area contributed by atoms with Crippen LogP contribution in [-0.4, -0.2) is 25.7 Å². The van der Waals surface area contributed by atoms with Gasteiger partial charge in [0, 0.05) is 10.7 Å². The molecule has 0 heterocycles. The van der Waals surface area contributed by atoms with Gasteiger partial charge in [0.15, 0.2) is 0 Å². The van der Waals surface area contributed by atoms with E-state index in [0.717, 1.165) is 5.56 Å². The fourth-order valence-corrected chi connectivity index (χ4v) is 2.86. The average Bonchev–Trinajstić information content (AvgIpc) is 2.78. The van der Waals surface area contributed by atoms with Crippen LogP contribution in [-0.2, 0) is 4.74 Å². The first kappa shape index (κ1) is 21.2. The number of urea groups is 1. The highest BCUT2D eigenvalue weighted by molar-refractivity contribution is 6.30. The highest BCUT2D eigenvalue weighted by Gasteiger charge is 2.18. The molecule has 3 aromatic carbocycles. The summed E-state index contributed by atoms with van der Waals surface area (Å²) in [5, 5.41) is 6.16. The molecule has 0 spiro atoms. The highest BCUT2D eigenvalue weighted by Crippen LogP contribution is 2.17. The van der Waals surface area contributed by atoms with Gasteiger partial charge in [-0.25, -0.2) is 9.59 Å². The summed E-state index contributed by atoms with van der Waals surface area (Å²) < 4.78 is 10.5. The molecule has 3 aromatic rings. The molecule has 1 unspecified atom stereocenters. The van der Waals surface area contributed by atoms with Gasteiger partial charge in [-0.2, -0.15) is 0 Å². The van der Waals surface area contributed by atoms with E-state index in [0.29, 0.717) is 22.0 Å². The van der Waals surface area contributed by atoms with E-state index in [1.54, 1.807) is 55.6 Å². The minimum Gasteiger partial charge on any atom is -0.497 e. The third kappa shape index (κ3) is 5.99. The number of esters is 1. The molecule has 0 fully saturated rings. The lowest BCUT2D eigenvalue weighted by Crippen LogP contribution is -2.35. The smallest absolute Gasteiger partial charge is 0.338 e. The predicted octanol–water partition coefficient (Wildman–Crippen LogP) is 5.07. The largest absolute Gasteiger partial charge is 0.497 e. The highest BCUT2D eigenvalue weighted by atomic mass is 35.5. The molecule has 6 nitrogen and oxygen atoms in total. The summed E-state index contributed by atoms with van der Waals surface area (Å²) >= 11 is 5.87. The van der Waals surface area contributed by atoms with E-state index in [2.05, 4.69) is 10.6 Å². The average molecular weight is 425 g/mol. The van der Waals surface area contributed by atoms with Crippen LogP contribution < -0.4 is 15.4 Å². The molecule has 7 heteroatoms. The van der Waals surface area contributed by atoms with Crippen LogP contribution >= 0.6 is 11.6 Å². The molecule has 0 aliphatic carbocycles. The first-order valence-electron chi connectivity index (χ1n) is 9.24. The summed E-state index contributed by atoms with van der Waals surface area (Å²) in [5.41, 5.74) is 1.80. The van der Waals surface area contributed by atoms with Crippen molar-refractivity contribution in [3.05, 3.63) is 95.0 Å². The number of methoxy groups -OCH3 is 1. The van der Waals surface area contributed by atoms with Gasteiger partial charge in [-0.1, -0.05) is 41.9 Å². The Bertz CT molecular complexity index is 976. The third-order valence-electron chi connectivity index (χ3n) is 4.32. The van der Waals surface area contributed by atoms with Crippen molar-refractivity contribution in [3.8, 4) is 5.75 Å². The van der Waals surface area contributed by atoms with Gasteiger partial charge in [0.1, 0.15) is 12.4 Å². The number of hydrogen-bond acceptors (Lipinski definition) is 4. The quantitative estimate of drug-likeness (QED) is 0.519. The van der Waals surface area contributed by atoms with Gasteiger partial charge >= 0.3 is 12.0 Å². The van der Waals surface area contributed by atoms with Crippen molar-refractivity contribution in [1.29, 1.82) is 0 Å². The fourth-order valence-electron chi connectivity index (χ4n) is 2.73. The summed E-state index contributed by atoms with van der Waals surface area (Å²) in [5.74, 6) is 0.160. The Hall–Kier alpha value is -3.51. The van der Waals surface area contributed by atoms with Gasteiger partial charge in [-0.3, -0.25) is 0 Å². The van der Waals surface area contributed by atoms with Crippen LogP contribution in [0.15, 0.2) is 78.9 Å².